The molecular weight excluding hydrogens is 334 g/mol. The molecule has 0 aliphatic carbocycles. The molecule has 0 aliphatic rings. The maximum atomic E-state index is 10.2. The van der Waals surface area contributed by atoms with Crippen LogP contribution in [0.4, 0.5) is 0 Å². The van der Waals surface area contributed by atoms with Crippen LogP contribution >= 0.6 is 0 Å². The Hall–Kier alpha value is -3.80. The van der Waals surface area contributed by atoms with E-state index in [1.807, 2.05) is 6.08 Å². The first-order chi connectivity index (χ1) is 12.4. The van der Waals surface area contributed by atoms with Gasteiger partial charge in [0.15, 0.2) is 0 Å². The van der Waals surface area contributed by atoms with Gasteiger partial charge in [0.25, 0.3) is 0 Å². The SMILES string of the molecule is O=C(O)c1cccnc1.Oc1ccc(/C=C/c2cc(O)cc(O)c2)cc1. The highest BCUT2D eigenvalue weighted by molar-refractivity contribution is 5.86. The fourth-order valence-electron chi connectivity index (χ4n) is 1.98. The third-order valence-electron chi connectivity index (χ3n) is 3.19. The van der Waals surface area contributed by atoms with Crippen molar-refractivity contribution in [3.63, 3.8) is 0 Å². The van der Waals surface area contributed by atoms with Gasteiger partial charge in [-0.3, -0.25) is 4.98 Å². The summed E-state index contributed by atoms with van der Waals surface area (Å²) in [4.78, 5) is 13.8. The number of pyridine rings is 1. The Kier molecular flexibility index (Phi) is 6.34. The van der Waals surface area contributed by atoms with Crippen molar-refractivity contribution in [2.24, 2.45) is 0 Å². The normalized spacial score (nSPS) is 10.2. The largest absolute Gasteiger partial charge is 0.508 e. The second-order valence-corrected chi connectivity index (χ2v) is 5.25. The van der Waals surface area contributed by atoms with Crippen molar-refractivity contribution in [3.8, 4) is 17.2 Å². The molecule has 0 saturated carbocycles. The Labute approximate surface area is 150 Å². The van der Waals surface area contributed by atoms with E-state index in [1.54, 1.807) is 48.5 Å². The van der Waals surface area contributed by atoms with Crippen molar-refractivity contribution in [2.75, 3.05) is 0 Å². The van der Waals surface area contributed by atoms with Crippen molar-refractivity contribution in [2.45, 2.75) is 0 Å². The summed E-state index contributed by atoms with van der Waals surface area (Å²) >= 11 is 0. The Morgan fingerprint density at radius 3 is 1.92 bits per heavy atom. The van der Waals surface area contributed by atoms with Crippen molar-refractivity contribution in [3.05, 3.63) is 83.7 Å². The molecule has 4 N–H and O–H groups in total. The van der Waals surface area contributed by atoms with Crippen LogP contribution in [0, 0.1) is 0 Å². The molecule has 0 saturated heterocycles. The van der Waals surface area contributed by atoms with E-state index in [-0.39, 0.29) is 22.8 Å². The number of nitrogens with zero attached hydrogens (tertiary/aromatic N) is 1. The number of carboxylic acids is 1. The molecule has 6 nitrogen and oxygen atoms in total. The highest BCUT2D eigenvalue weighted by atomic mass is 16.4. The molecule has 3 rings (SSSR count). The van der Waals surface area contributed by atoms with Gasteiger partial charge in [-0.05, 0) is 47.5 Å². The molecule has 1 heterocycles. The second-order valence-electron chi connectivity index (χ2n) is 5.25. The molecule has 0 fully saturated rings. The van der Waals surface area contributed by atoms with Crippen LogP contribution in [0.5, 0.6) is 17.2 Å². The lowest BCUT2D eigenvalue weighted by molar-refractivity contribution is 0.0696. The van der Waals surface area contributed by atoms with E-state index in [9.17, 15) is 15.0 Å². The maximum absolute atomic E-state index is 10.2. The number of aromatic carboxylic acids is 1. The van der Waals surface area contributed by atoms with Crippen LogP contribution in [-0.2, 0) is 0 Å². The predicted molar refractivity (Wildman–Crippen MR) is 98.0 cm³/mol. The zero-order valence-corrected chi connectivity index (χ0v) is 13.6. The molecule has 0 unspecified atom stereocenters. The van der Waals surface area contributed by atoms with E-state index in [1.165, 1.54) is 24.5 Å². The first-order valence-corrected chi connectivity index (χ1v) is 7.57. The summed E-state index contributed by atoms with van der Waals surface area (Å²) in [6, 6.07) is 14.2. The topological polar surface area (TPSA) is 111 Å². The fourth-order valence-corrected chi connectivity index (χ4v) is 1.98. The average molecular weight is 351 g/mol. The molecule has 0 spiro atoms. The second kappa shape index (κ2) is 8.89. The standard InChI is InChI=1S/C14H12O3.C6H5NO2/c15-12-5-3-10(4-6-12)1-2-11-7-13(16)9-14(17)8-11;8-6(9)5-2-1-3-7-4-5/h1-9,15-17H;1-4H,(H,8,9)/b2-1+;. The molecule has 0 atom stereocenters. The summed E-state index contributed by atoms with van der Waals surface area (Å²) in [6.07, 6.45) is 6.44. The van der Waals surface area contributed by atoms with Gasteiger partial charge in [-0.2, -0.15) is 0 Å². The van der Waals surface area contributed by atoms with Crippen LogP contribution < -0.4 is 0 Å². The molecular formula is C20H17NO5. The average Bonchev–Trinajstić information content (AvgIpc) is 2.62. The minimum atomic E-state index is -0.942. The van der Waals surface area contributed by atoms with Crippen LogP contribution in [0.25, 0.3) is 12.2 Å². The van der Waals surface area contributed by atoms with Gasteiger partial charge in [-0.25, -0.2) is 4.79 Å². The number of carbonyl (C=O) groups is 1. The van der Waals surface area contributed by atoms with Crippen LogP contribution in [0.1, 0.15) is 21.5 Å². The number of phenolic OH excluding ortho intramolecular Hbond substituents is 3. The Morgan fingerprint density at radius 1 is 0.808 bits per heavy atom. The van der Waals surface area contributed by atoms with Gasteiger partial charge in [0.2, 0.25) is 0 Å². The maximum Gasteiger partial charge on any atom is 0.337 e. The molecule has 3 aromatic rings. The minimum absolute atomic E-state index is 0.0235. The zero-order valence-electron chi connectivity index (χ0n) is 13.6. The number of hydrogen-bond donors (Lipinski definition) is 4. The third-order valence-corrected chi connectivity index (χ3v) is 3.19. The molecule has 0 bridgehead atoms. The first-order valence-electron chi connectivity index (χ1n) is 7.57. The smallest absolute Gasteiger partial charge is 0.337 e. The number of rotatable bonds is 3. The van der Waals surface area contributed by atoms with E-state index in [0.29, 0.717) is 5.56 Å². The molecule has 2 aromatic carbocycles. The van der Waals surface area contributed by atoms with E-state index in [4.69, 9.17) is 10.2 Å². The molecule has 0 amide bonds. The van der Waals surface area contributed by atoms with Crippen LogP contribution in [-0.4, -0.2) is 31.4 Å². The van der Waals surface area contributed by atoms with Crippen molar-refractivity contribution in [1.82, 2.24) is 4.98 Å². The van der Waals surface area contributed by atoms with Gasteiger partial charge in [-0.1, -0.05) is 24.3 Å². The van der Waals surface area contributed by atoms with E-state index in [2.05, 4.69) is 4.98 Å². The summed E-state index contributed by atoms with van der Waals surface area (Å²) in [7, 11) is 0. The highest BCUT2D eigenvalue weighted by Gasteiger charge is 1.98. The van der Waals surface area contributed by atoms with Gasteiger partial charge in [-0.15, -0.1) is 0 Å². The monoisotopic (exact) mass is 351 g/mol. The van der Waals surface area contributed by atoms with E-state index in [0.717, 1.165) is 5.56 Å². The summed E-state index contributed by atoms with van der Waals surface area (Å²) < 4.78 is 0. The number of benzene rings is 2. The lowest BCUT2D eigenvalue weighted by Gasteiger charge is -1.98. The molecule has 1 aromatic heterocycles. The summed E-state index contributed by atoms with van der Waals surface area (Å²) in [5.41, 5.74) is 1.85. The summed E-state index contributed by atoms with van der Waals surface area (Å²) in [5, 5.41) is 36.1. The van der Waals surface area contributed by atoms with Gasteiger partial charge >= 0.3 is 5.97 Å². The third kappa shape index (κ3) is 6.01. The van der Waals surface area contributed by atoms with Crippen molar-refractivity contribution in [1.29, 1.82) is 0 Å². The Balaban J connectivity index is 0.000000228. The molecule has 26 heavy (non-hydrogen) atoms. The number of phenols is 3. The lowest BCUT2D eigenvalue weighted by Crippen LogP contribution is -1.94. The number of aromatic nitrogens is 1. The minimum Gasteiger partial charge on any atom is -0.508 e. The van der Waals surface area contributed by atoms with Gasteiger partial charge < -0.3 is 20.4 Å². The fraction of sp³-hybridized carbons (Fsp3) is 0. The lowest BCUT2D eigenvalue weighted by atomic mass is 10.1. The van der Waals surface area contributed by atoms with Gasteiger partial charge in [0.05, 0.1) is 5.56 Å². The Bertz CT molecular complexity index is 870. The number of carboxylic acid groups (broad SMARTS) is 1. The van der Waals surface area contributed by atoms with E-state index < -0.39 is 5.97 Å². The van der Waals surface area contributed by atoms with Crippen LogP contribution in [0.2, 0.25) is 0 Å². The van der Waals surface area contributed by atoms with Crippen LogP contribution in [0.15, 0.2) is 67.0 Å². The molecule has 0 aliphatic heterocycles. The van der Waals surface area contributed by atoms with Gasteiger partial charge in [0.1, 0.15) is 17.2 Å². The van der Waals surface area contributed by atoms with E-state index >= 15 is 0 Å². The molecule has 6 heteroatoms. The highest BCUT2D eigenvalue weighted by Crippen LogP contribution is 2.22. The molecule has 0 radical (unpaired) electrons. The zero-order chi connectivity index (χ0) is 18.9. The predicted octanol–water partition coefficient (Wildman–Crippen LogP) is 3.75. The van der Waals surface area contributed by atoms with Gasteiger partial charge in [0, 0.05) is 18.5 Å². The first kappa shape index (κ1) is 18.5. The van der Waals surface area contributed by atoms with Crippen molar-refractivity contribution >= 4 is 18.1 Å². The molecule has 132 valence electrons. The number of hydrogen-bond acceptors (Lipinski definition) is 5. The number of aromatic hydroxyl groups is 3. The summed E-state index contributed by atoms with van der Waals surface area (Å²) in [6.45, 7) is 0. The summed E-state index contributed by atoms with van der Waals surface area (Å²) in [5.74, 6) is -0.675. The quantitative estimate of drug-likeness (QED) is 0.535. The van der Waals surface area contributed by atoms with Crippen LogP contribution in [0.3, 0.4) is 0 Å². The Morgan fingerprint density at radius 2 is 1.42 bits per heavy atom. The van der Waals surface area contributed by atoms with Crippen molar-refractivity contribution < 1.29 is 25.2 Å².